The van der Waals surface area contributed by atoms with Gasteiger partial charge in [0.25, 0.3) is 5.91 Å². The van der Waals surface area contributed by atoms with Crippen molar-refractivity contribution < 1.29 is 4.79 Å². The van der Waals surface area contributed by atoms with Crippen molar-refractivity contribution in [1.82, 2.24) is 5.01 Å². The highest BCUT2D eigenvalue weighted by molar-refractivity contribution is 9.10. The molecular weight excluding hydrogens is 300 g/mol. The van der Waals surface area contributed by atoms with Crippen molar-refractivity contribution in [1.29, 1.82) is 0 Å². The minimum Gasteiger partial charge on any atom is -0.272 e. The van der Waals surface area contributed by atoms with Crippen molar-refractivity contribution in [2.75, 3.05) is 11.5 Å². The van der Waals surface area contributed by atoms with Crippen LogP contribution in [0.3, 0.4) is 0 Å². The van der Waals surface area contributed by atoms with E-state index in [1.807, 2.05) is 24.3 Å². The molecule has 1 amide bonds. The van der Waals surface area contributed by atoms with E-state index in [1.54, 1.807) is 16.8 Å². The van der Waals surface area contributed by atoms with E-state index < -0.39 is 0 Å². The van der Waals surface area contributed by atoms with Crippen molar-refractivity contribution in [3.63, 3.8) is 0 Å². The van der Waals surface area contributed by atoms with Gasteiger partial charge in [-0.2, -0.15) is 16.9 Å². The Kier molecular flexibility index (Phi) is 2.96. The SMILES string of the molecule is O=C1C2CSCC2=NN1Cc1ccccc1Br. The second-order valence-electron chi connectivity index (χ2n) is 4.15. The number of rotatable bonds is 2. The molecule has 0 aromatic heterocycles. The molecule has 2 aliphatic heterocycles. The van der Waals surface area contributed by atoms with Crippen LogP contribution in [0.5, 0.6) is 0 Å². The standard InChI is InChI=1S/C12H11BrN2OS/c13-10-4-2-1-3-8(10)5-15-12(16)9-6-17-7-11(9)14-15/h1-4,9H,5-7H2. The first-order valence-electron chi connectivity index (χ1n) is 5.45. The average Bonchev–Trinajstić information content (AvgIpc) is 2.87. The third kappa shape index (κ3) is 2.02. The number of nitrogens with zero attached hydrogens (tertiary/aromatic N) is 2. The van der Waals surface area contributed by atoms with Gasteiger partial charge in [0.05, 0.1) is 18.2 Å². The number of thioether (sulfide) groups is 1. The molecule has 1 fully saturated rings. The van der Waals surface area contributed by atoms with E-state index in [-0.39, 0.29) is 11.8 Å². The van der Waals surface area contributed by atoms with Crippen LogP contribution in [0.1, 0.15) is 5.56 Å². The molecule has 3 nitrogen and oxygen atoms in total. The Morgan fingerprint density at radius 3 is 3.06 bits per heavy atom. The number of carbonyl (C=O) groups excluding carboxylic acids is 1. The second kappa shape index (κ2) is 4.46. The van der Waals surface area contributed by atoms with Crippen molar-refractivity contribution in [2.24, 2.45) is 11.0 Å². The van der Waals surface area contributed by atoms with Gasteiger partial charge >= 0.3 is 0 Å². The maximum absolute atomic E-state index is 12.1. The number of benzene rings is 1. The van der Waals surface area contributed by atoms with Gasteiger partial charge in [-0.25, -0.2) is 5.01 Å². The number of halogens is 1. The molecule has 1 atom stereocenters. The smallest absolute Gasteiger partial charge is 0.252 e. The van der Waals surface area contributed by atoms with Gasteiger partial charge in [-0.1, -0.05) is 34.1 Å². The molecule has 3 rings (SSSR count). The molecule has 0 saturated carbocycles. The Hall–Kier alpha value is -0.810. The van der Waals surface area contributed by atoms with E-state index in [2.05, 4.69) is 21.0 Å². The molecule has 2 aliphatic rings. The number of carbonyl (C=O) groups is 1. The Labute approximate surface area is 112 Å². The van der Waals surface area contributed by atoms with Gasteiger partial charge in [0.2, 0.25) is 0 Å². The summed E-state index contributed by atoms with van der Waals surface area (Å²) in [5.74, 6) is 2.00. The van der Waals surface area contributed by atoms with Gasteiger partial charge in [0, 0.05) is 16.0 Å². The van der Waals surface area contributed by atoms with Crippen LogP contribution in [0.25, 0.3) is 0 Å². The molecule has 0 spiro atoms. The number of amides is 1. The number of hydrazone groups is 1. The lowest BCUT2D eigenvalue weighted by molar-refractivity contribution is -0.131. The first-order chi connectivity index (χ1) is 8.25. The lowest BCUT2D eigenvalue weighted by Crippen LogP contribution is -2.27. The molecular formula is C12H11BrN2OS. The van der Waals surface area contributed by atoms with Gasteiger partial charge in [0.15, 0.2) is 0 Å². The molecule has 0 radical (unpaired) electrons. The minimum absolute atomic E-state index is 0.0440. The summed E-state index contributed by atoms with van der Waals surface area (Å²) in [5.41, 5.74) is 2.14. The summed E-state index contributed by atoms with van der Waals surface area (Å²) in [6, 6.07) is 7.95. The van der Waals surface area contributed by atoms with Crippen molar-refractivity contribution in [3.05, 3.63) is 34.3 Å². The van der Waals surface area contributed by atoms with E-state index in [0.29, 0.717) is 6.54 Å². The Balaban J connectivity index is 1.81. The summed E-state index contributed by atoms with van der Waals surface area (Å²) in [4.78, 5) is 12.1. The predicted molar refractivity (Wildman–Crippen MR) is 72.9 cm³/mol. The zero-order valence-electron chi connectivity index (χ0n) is 9.10. The zero-order valence-corrected chi connectivity index (χ0v) is 11.5. The maximum atomic E-state index is 12.1. The third-order valence-corrected chi connectivity index (χ3v) is 4.86. The van der Waals surface area contributed by atoms with Crippen LogP contribution in [-0.4, -0.2) is 28.1 Å². The highest BCUT2D eigenvalue weighted by Crippen LogP contribution is 2.30. The molecule has 88 valence electrons. The highest BCUT2D eigenvalue weighted by Gasteiger charge is 2.39. The summed E-state index contributed by atoms with van der Waals surface area (Å²) in [7, 11) is 0. The first kappa shape index (κ1) is 11.3. The lowest BCUT2D eigenvalue weighted by Gasteiger charge is -2.14. The molecule has 0 aliphatic carbocycles. The Morgan fingerprint density at radius 2 is 2.29 bits per heavy atom. The number of hydrogen-bond donors (Lipinski definition) is 0. The van der Waals surface area contributed by atoms with Gasteiger partial charge in [0.1, 0.15) is 0 Å². The normalized spacial score (nSPS) is 22.9. The Morgan fingerprint density at radius 1 is 1.47 bits per heavy atom. The van der Waals surface area contributed by atoms with Crippen LogP contribution in [0.4, 0.5) is 0 Å². The van der Waals surface area contributed by atoms with Crippen LogP contribution in [0.15, 0.2) is 33.8 Å². The molecule has 1 saturated heterocycles. The van der Waals surface area contributed by atoms with Crippen LogP contribution >= 0.6 is 27.7 Å². The molecule has 17 heavy (non-hydrogen) atoms. The molecule has 5 heteroatoms. The largest absolute Gasteiger partial charge is 0.272 e. The van der Waals surface area contributed by atoms with Crippen LogP contribution < -0.4 is 0 Å². The topological polar surface area (TPSA) is 32.7 Å². The summed E-state index contributed by atoms with van der Waals surface area (Å²) in [6.07, 6.45) is 0. The van der Waals surface area contributed by atoms with Crippen molar-refractivity contribution >= 4 is 39.3 Å². The van der Waals surface area contributed by atoms with Gasteiger partial charge in [-0.15, -0.1) is 0 Å². The molecule has 1 aromatic rings. The summed E-state index contributed by atoms with van der Waals surface area (Å²) in [6.45, 7) is 0.560. The Bertz CT molecular complexity index is 503. The van der Waals surface area contributed by atoms with Crippen LogP contribution in [0, 0.1) is 5.92 Å². The van der Waals surface area contributed by atoms with Crippen molar-refractivity contribution in [3.8, 4) is 0 Å². The predicted octanol–water partition coefficient (Wildman–Crippen LogP) is 2.51. The highest BCUT2D eigenvalue weighted by atomic mass is 79.9. The van der Waals surface area contributed by atoms with E-state index in [9.17, 15) is 4.79 Å². The quantitative estimate of drug-likeness (QED) is 0.841. The van der Waals surface area contributed by atoms with Crippen LogP contribution in [0.2, 0.25) is 0 Å². The first-order valence-corrected chi connectivity index (χ1v) is 7.40. The minimum atomic E-state index is 0.0440. The fourth-order valence-corrected chi connectivity index (χ4v) is 3.64. The molecule has 2 heterocycles. The summed E-state index contributed by atoms with van der Waals surface area (Å²) in [5, 5.41) is 6.04. The van der Waals surface area contributed by atoms with Gasteiger partial charge in [-0.3, -0.25) is 4.79 Å². The average molecular weight is 311 g/mol. The molecule has 0 bridgehead atoms. The molecule has 1 unspecified atom stereocenters. The lowest BCUT2D eigenvalue weighted by atomic mass is 10.1. The fourth-order valence-electron chi connectivity index (χ4n) is 2.08. The fraction of sp³-hybridized carbons (Fsp3) is 0.333. The molecule has 0 N–H and O–H groups in total. The third-order valence-electron chi connectivity index (χ3n) is 3.02. The van der Waals surface area contributed by atoms with Gasteiger partial charge < -0.3 is 0 Å². The van der Waals surface area contributed by atoms with Crippen LogP contribution in [-0.2, 0) is 11.3 Å². The van der Waals surface area contributed by atoms with E-state index in [1.165, 1.54) is 0 Å². The number of fused-ring (bicyclic) bond motifs is 1. The second-order valence-corrected chi connectivity index (χ2v) is 6.03. The van der Waals surface area contributed by atoms with Crippen molar-refractivity contribution in [2.45, 2.75) is 6.54 Å². The maximum Gasteiger partial charge on any atom is 0.252 e. The monoisotopic (exact) mass is 310 g/mol. The van der Waals surface area contributed by atoms with E-state index in [4.69, 9.17) is 0 Å². The summed E-state index contributed by atoms with van der Waals surface area (Å²) < 4.78 is 1.03. The van der Waals surface area contributed by atoms with Gasteiger partial charge in [-0.05, 0) is 11.6 Å². The molecule has 1 aromatic carbocycles. The summed E-state index contributed by atoms with van der Waals surface area (Å²) >= 11 is 5.29. The van der Waals surface area contributed by atoms with E-state index in [0.717, 1.165) is 27.3 Å². The number of hydrogen-bond acceptors (Lipinski definition) is 3. The zero-order chi connectivity index (χ0) is 11.8. The van der Waals surface area contributed by atoms with E-state index >= 15 is 0 Å².